The van der Waals surface area contributed by atoms with Gasteiger partial charge in [0, 0.05) is 19.8 Å². The highest BCUT2D eigenvalue weighted by Gasteiger charge is 2.14. The summed E-state index contributed by atoms with van der Waals surface area (Å²) in [5, 5.41) is 13.4. The van der Waals surface area contributed by atoms with Gasteiger partial charge in [-0.2, -0.15) is 0 Å². The molecule has 0 saturated carbocycles. The summed E-state index contributed by atoms with van der Waals surface area (Å²) in [7, 11) is 2.83. The van der Waals surface area contributed by atoms with Gasteiger partial charge < -0.3 is 20.6 Å². The van der Waals surface area contributed by atoms with E-state index in [1.54, 1.807) is 0 Å². The van der Waals surface area contributed by atoms with Crippen LogP contribution in [-0.4, -0.2) is 48.6 Å². The Morgan fingerprint density at radius 3 is 2.50 bits per heavy atom. The molecular weight excluding hydrogens is 269 g/mol. The highest BCUT2D eigenvalue weighted by atomic mass is 19.1. The molecule has 0 aromatic heterocycles. The number of nitrogens with zero attached hydrogens (tertiary/aromatic N) is 1. The third kappa shape index (κ3) is 3.94. The van der Waals surface area contributed by atoms with Gasteiger partial charge in [0.1, 0.15) is 12.4 Å². The molecule has 0 bridgehead atoms. The van der Waals surface area contributed by atoms with Crippen molar-refractivity contribution in [3.63, 3.8) is 0 Å². The van der Waals surface area contributed by atoms with E-state index < -0.39 is 23.4 Å². The normalized spacial score (nSPS) is 9.75. The van der Waals surface area contributed by atoms with Crippen molar-refractivity contribution in [3.8, 4) is 0 Å². The number of hydrogen-bond acceptors (Lipinski definition) is 3. The minimum Gasteiger partial charge on any atom is -0.478 e. The molecule has 0 aliphatic heterocycles. The Morgan fingerprint density at radius 2 is 2.00 bits per heavy atom. The van der Waals surface area contributed by atoms with E-state index in [2.05, 4.69) is 10.6 Å². The van der Waals surface area contributed by atoms with E-state index in [0.717, 1.165) is 17.0 Å². The summed E-state index contributed by atoms with van der Waals surface area (Å²) in [6.45, 7) is -0.155. The molecule has 0 aliphatic rings. The number of rotatable bonds is 4. The molecule has 0 saturated heterocycles. The number of aromatic carboxylic acids is 1. The third-order valence-electron chi connectivity index (χ3n) is 2.46. The van der Waals surface area contributed by atoms with Gasteiger partial charge in [-0.05, 0) is 18.2 Å². The largest absolute Gasteiger partial charge is 0.478 e. The number of likely N-dealkylation sites (N-methyl/N-ethyl adjacent to an activating group) is 2. The predicted molar refractivity (Wildman–Crippen MR) is 69.1 cm³/mol. The fourth-order valence-electron chi connectivity index (χ4n) is 1.35. The number of carbonyl (C=O) groups is 3. The summed E-state index contributed by atoms with van der Waals surface area (Å²) in [5.41, 5.74) is -0.386. The Balaban J connectivity index is 2.73. The number of amides is 3. The maximum Gasteiger partial charge on any atom is 0.338 e. The van der Waals surface area contributed by atoms with E-state index in [1.165, 1.54) is 20.2 Å². The van der Waals surface area contributed by atoms with Crippen molar-refractivity contribution in [2.24, 2.45) is 0 Å². The van der Waals surface area contributed by atoms with Crippen molar-refractivity contribution < 1.29 is 23.9 Å². The Morgan fingerprint density at radius 1 is 1.35 bits per heavy atom. The minimum absolute atomic E-state index is 0.0984. The van der Waals surface area contributed by atoms with Crippen LogP contribution in [0.3, 0.4) is 0 Å². The lowest BCUT2D eigenvalue weighted by Crippen LogP contribution is -2.39. The molecule has 0 spiro atoms. The number of halogens is 1. The Hall–Kier alpha value is -2.64. The molecule has 0 unspecified atom stereocenters. The highest BCUT2D eigenvalue weighted by molar-refractivity contribution is 5.93. The standard InChI is InChI=1S/C12H14FN3O4/c1-14-10(17)6-16(2)12(20)15-7-3-4-8(11(18)19)9(13)5-7/h3-5H,6H2,1-2H3,(H,14,17)(H,15,20)(H,18,19). The summed E-state index contributed by atoms with van der Waals surface area (Å²) in [4.78, 5) is 34.5. The van der Waals surface area contributed by atoms with E-state index in [-0.39, 0.29) is 18.1 Å². The Labute approximate surface area is 114 Å². The lowest BCUT2D eigenvalue weighted by atomic mass is 10.2. The molecule has 1 aromatic rings. The minimum atomic E-state index is -1.39. The maximum absolute atomic E-state index is 13.4. The first kappa shape index (κ1) is 15.4. The van der Waals surface area contributed by atoms with Crippen molar-refractivity contribution in [3.05, 3.63) is 29.6 Å². The van der Waals surface area contributed by atoms with Crippen LogP contribution in [0.1, 0.15) is 10.4 Å². The lowest BCUT2D eigenvalue weighted by Gasteiger charge is -2.17. The van der Waals surface area contributed by atoms with Gasteiger partial charge in [-0.3, -0.25) is 4.79 Å². The number of carboxylic acids is 1. The van der Waals surface area contributed by atoms with E-state index in [9.17, 15) is 18.8 Å². The van der Waals surface area contributed by atoms with Crippen molar-refractivity contribution in [2.75, 3.05) is 26.0 Å². The topological polar surface area (TPSA) is 98.7 Å². The second-order valence-electron chi connectivity index (χ2n) is 3.96. The van der Waals surface area contributed by atoms with E-state index in [1.807, 2.05) is 0 Å². The zero-order valence-electron chi connectivity index (χ0n) is 10.9. The number of urea groups is 1. The van der Waals surface area contributed by atoms with Gasteiger partial charge in [-0.25, -0.2) is 14.0 Å². The molecule has 8 heteroatoms. The van der Waals surface area contributed by atoms with E-state index >= 15 is 0 Å². The SMILES string of the molecule is CNC(=O)CN(C)C(=O)Nc1ccc(C(=O)O)c(F)c1. The number of hydrogen-bond donors (Lipinski definition) is 3. The maximum atomic E-state index is 13.4. The van der Waals surface area contributed by atoms with Crippen LogP contribution < -0.4 is 10.6 Å². The molecule has 3 N–H and O–H groups in total. The lowest BCUT2D eigenvalue weighted by molar-refractivity contribution is -0.120. The van der Waals surface area contributed by atoms with Gasteiger partial charge >= 0.3 is 12.0 Å². The second-order valence-corrected chi connectivity index (χ2v) is 3.96. The molecule has 0 aliphatic carbocycles. The average molecular weight is 283 g/mol. The van der Waals surface area contributed by atoms with Crippen LogP contribution in [0.15, 0.2) is 18.2 Å². The van der Waals surface area contributed by atoms with Crippen LogP contribution in [0.2, 0.25) is 0 Å². The molecule has 0 heterocycles. The second kappa shape index (κ2) is 6.50. The molecule has 7 nitrogen and oxygen atoms in total. The zero-order chi connectivity index (χ0) is 15.3. The van der Waals surface area contributed by atoms with Crippen molar-refractivity contribution in [2.45, 2.75) is 0 Å². The smallest absolute Gasteiger partial charge is 0.338 e. The molecule has 0 atom stereocenters. The van der Waals surface area contributed by atoms with Gasteiger partial charge in [0.15, 0.2) is 0 Å². The summed E-state index contributed by atoms with van der Waals surface area (Å²) in [5.74, 6) is -2.70. The number of carboxylic acid groups (broad SMARTS) is 1. The van der Waals surface area contributed by atoms with Gasteiger partial charge in [0.05, 0.1) is 5.56 Å². The average Bonchev–Trinajstić information content (AvgIpc) is 2.37. The molecule has 20 heavy (non-hydrogen) atoms. The van der Waals surface area contributed by atoms with Crippen LogP contribution in [0.25, 0.3) is 0 Å². The van der Waals surface area contributed by atoms with Crippen molar-refractivity contribution in [1.82, 2.24) is 10.2 Å². The zero-order valence-corrected chi connectivity index (χ0v) is 10.9. The molecule has 1 aromatic carbocycles. The predicted octanol–water partition coefficient (Wildman–Crippen LogP) is 0.734. The first-order valence-electron chi connectivity index (χ1n) is 5.60. The Bertz CT molecular complexity index is 548. The Kier molecular flexibility index (Phi) is 5.01. The van der Waals surface area contributed by atoms with Crippen LogP contribution in [0.4, 0.5) is 14.9 Å². The van der Waals surface area contributed by atoms with Crippen LogP contribution in [0, 0.1) is 5.82 Å². The first-order valence-corrected chi connectivity index (χ1v) is 5.60. The number of carbonyl (C=O) groups excluding carboxylic acids is 2. The van der Waals surface area contributed by atoms with Gasteiger partial charge in [-0.1, -0.05) is 0 Å². The fourth-order valence-corrected chi connectivity index (χ4v) is 1.35. The quantitative estimate of drug-likeness (QED) is 0.758. The monoisotopic (exact) mass is 283 g/mol. The highest BCUT2D eigenvalue weighted by Crippen LogP contribution is 2.15. The van der Waals surface area contributed by atoms with Crippen LogP contribution in [-0.2, 0) is 4.79 Å². The first-order chi connectivity index (χ1) is 9.35. The van der Waals surface area contributed by atoms with E-state index in [4.69, 9.17) is 5.11 Å². The van der Waals surface area contributed by atoms with E-state index in [0.29, 0.717) is 0 Å². The summed E-state index contributed by atoms with van der Waals surface area (Å²) in [6, 6.07) is 2.59. The van der Waals surface area contributed by atoms with Gasteiger partial charge in [-0.15, -0.1) is 0 Å². The molecule has 3 amide bonds. The summed E-state index contributed by atoms with van der Waals surface area (Å²) in [6.07, 6.45) is 0. The number of benzene rings is 1. The number of anilines is 1. The van der Waals surface area contributed by atoms with Crippen molar-refractivity contribution in [1.29, 1.82) is 0 Å². The molecule has 0 fully saturated rings. The van der Waals surface area contributed by atoms with Crippen molar-refractivity contribution >= 4 is 23.6 Å². The summed E-state index contributed by atoms with van der Waals surface area (Å²) < 4.78 is 13.4. The van der Waals surface area contributed by atoms with Gasteiger partial charge in [0.25, 0.3) is 0 Å². The molecule has 1 rings (SSSR count). The molecule has 0 radical (unpaired) electrons. The molecular formula is C12H14FN3O4. The molecule has 108 valence electrons. The fraction of sp³-hybridized carbons (Fsp3) is 0.250. The van der Waals surface area contributed by atoms with Crippen LogP contribution in [0.5, 0.6) is 0 Å². The third-order valence-corrected chi connectivity index (χ3v) is 2.46. The van der Waals surface area contributed by atoms with Gasteiger partial charge in [0.2, 0.25) is 5.91 Å². The summed E-state index contributed by atoms with van der Waals surface area (Å²) >= 11 is 0. The van der Waals surface area contributed by atoms with Crippen LogP contribution >= 0.6 is 0 Å². The number of nitrogens with one attached hydrogen (secondary N) is 2.